The SMILES string of the molecule is O=Cc1ccccc1OCC(=O)NC(=O)NCCC1=CCCCC1. The molecule has 0 aromatic heterocycles. The van der Waals surface area contributed by atoms with Gasteiger partial charge in [0.25, 0.3) is 5.91 Å². The number of urea groups is 1. The van der Waals surface area contributed by atoms with Crippen molar-refractivity contribution in [3.8, 4) is 5.75 Å². The minimum absolute atomic E-state index is 0.312. The van der Waals surface area contributed by atoms with E-state index in [0.29, 0.717) is 24.1 Å². The van der Waals surface area contributed by atoms with Crippen LogP contribution in [-0.2, 0) is 4.79 Å². The van der Waals surface area contributed by atoms with Gasteiger partial charge in [-0.25, -0.2) is 4.79 Å². The van der Waals surface area contributed by atoms with E-state index < -0.39 is 11.9 Å². The molecule has 2 N–H and O–H groups in total. The molecular formula is C18H22N2O4. The van der Waals surface area contributed by atoms with E-state index in [1.807, 2.05) is 0 Å². The fraction of sp³-hybridized carbons (Fsp3) is 0.389. The Balaban J connectivity index is 1.67. The van der Waals surface area contributed by atoms with Crippen LogP contribution in [0.3, 0.4) is 0 Å². The molecule has 0 saturated heterocycles. The summed E-state index contributed by atoms with van der Waals surface area (Å²) in [6.07, 6.45) is 8.33. The second-order valence-electron chi connectivity index (χ2n) is 5.61. The normalized spacial score (nSPS) is 13.6. The summed E-state index contributed by atoms with van der Waals surface area (Å²) in [7, 11) is 0. The summed E-state index contributed by atoms with van der Waals surface area (Å²) < 4.78 is 5.26. The summed E-state index contributed by atoms with van der Waals surface area (Å²) in [5, 5.41) is 4.86. The maximum Gasteiger partial charge on any atom is 0.321 e. The Morgan fingerprint density at radius 2 is 2.04 bits per heavy atom. The van der Waals surface area contributed by atoms with Crippen molar-refractivity contribution >= 4 is 18.2 Å². The maximum absolute atomic E-state index is 11.7. The zero-order chi connectivity index (χ0) is 17.2. The Kier molecular flexibility index (Phi) is 7.01. The summed E-state index contributed by atoms with van der Waals surface area (Å²) >= 11 is 0. The number of nitrogens with one attached hydrogen (secondary N) is 2. The van der Waals surface area contributed by atoms with E-state index in [-0.39, 0.29) is 6.61 Å². The lowest BCUT2D eigenvalue weighted by Gasteiger charge is -2.13. The van der Waals surface area contributed by atoms with Gasteiger partial charge in [-0.15, -0.1) is 0 Å². The second-order valence-corrected chi connectivity index (χ2v) is 5.61. The third-order valence-electron chi connectivity index (χ3n) is 3.77. The largest absolute Gasteiger partial charge is 0.483 e. The van der Waals surface area contributed by atoms with Gasteiger partial charge in [-0.1, -0.05) is 23.8 Å². The van der Waals surface area contributed by atoms with Crippen molar-refractivity contribution in [3.05, 3.63) is 41.5 Å². The van der Waals surface area contributed by atoms with Crippen molar-refractivity contribution in [2.24, 2.45) is 0 Å². The van der Waals surface area contributed by atoms with Crippen LogP contribution in [0.1, 0.15) is 42.5 Å². The number of benzene rings is 1. The molecule has 0 spiro atoms. The maximum atomic E-state index is 11.7. The number of imide groups is 1. The van der Waals surface area contributed by atoms with Gasteiger partial charge in [-0.3, -0.25) is 14.9 Å². The standard InChI is InChI=1S/C18H22N2O4/c21-12-15-8-4-5-9-16(15)24-13-17(22)20-18(23)19-11-10-14-6-2-1-3-7-14/h4-6,8-9,12H,1-3,7,10-11,13H2,(H2,19,20,22,23). The Bertz CT molecular complexity index is 625. The molecule has 0 bridgehead atoms. The van der Waals surface area contributed by atoms with Gasteiger partial charge in [0.1, 0.15) is 5.75 Å². The van der Waals surface area contributed by atoms with Crippen molar-refractivity contribution < 1.29 is 19.1 Å². The number of carbonyl (C=O) groups excluding carboxylic acids is 3. The molecule has 0 saturated carbocycles. The minimum atomic E-state index is -0.565. The van der Waals surface area contributed by atoms with E-state index in [4.69, 9.17) is 4.74 Å². The van der Waals surface area contributed by atoms with Crippen molar-refractivity contribution in [3.63, 3.8) is 0 Å². The number of ether oxygens (including phenoxy) is 1. The molecule has 0 aliphatic heterocycles. The zero-order valence-electron chi connectivity index (χ0n) is 13.5. The molecule has 6 nitrogen and oxygen atoms in total. The fourth-order valence-corrected chi connectivity index (χ4v) is 2.53. The van der Waals surface area contributed by atoms with Crippen molar-refractivity contribution in [1.82, 2.24) is 10.6 Å². The predicted octanol–water partition coefficient (Wildman–Crippen LogP) is 2.59. The molecule has 24 heavy (non-hydrogen) atoms. The highest BCUT2D eigenvalue weighted by atomic mass is 16.5. The topological polar surface area (TPSA) is 84.5 Å². The molecule has 0 heterocycles. The molecule has 0 unspecified atom stereocenters. The van der Waals surface area contributed by atoms with Gasteiger partial charge in [0.2, 0.25) is 0 Å². The summed E-state index contributed by atoms with van der Waals surface area (Å²) in [4.78, 5) is 34.2. The minimum Gasteiger partial charge on any atom is -0.483 e. The lowest BCUT2D eigenvalue weighted by Crippen LogP contribution is -2.42. The number of allylic oxidation sites excluding steroid dienone is 1. The van der Waals surface area contributed by atoms with Crippen molar-refractivity contribution in [1.29, 1.82) is 0 Å². The first-order chi connectivity index (χ1) is 11.7. The number of aldehydes is 1. The van der Waals surface area contributed by atoms with Crippen LogP contribution >= 0.6 is 0 Å². The van der Waals surface area contributed by atoms with E-state index in [1.165, 1.54) is 18.4 Å². The molecule has 6 heteroatoms. The summed E-state index contributed by atoms with van der Waals surface area (Å²) in [6, 6.07) is 6.05. The smallest absolute Gasteiger partial charge is 0.321 e. The van der Waals surface area contributed by atoms with E-state index in [9.17, 15) is 14.4 Å². The van der Waals surface area contributed by atoms with E-state index in [1.54, 1.807) is 24.3 Å². The number of rotatable bonds is 7. The van der Waals surface area contributed by atoms with Crippen LogP contribution in [0.4, 0.5) is 4.79 Å². The molecule has 1 aliphatic carbocycles. The highest BCUT2D eigenvalue weighted by molar-refractivity contribution is 5.95. The summed E-state index contributed by atoms with van der Waals surface area (Å²) in [5.41, 5.74) is 1.72. The lowest BCUT2D eigenvalue weighted by atomic mass is 9.97. The summed E-state index contributed by atoms with van der Waals surface area (Å²) in [6.45, 7) is 0.170. The van der Waals surface area contributed by atoms with Gasteiger partial charge in [0, 0.05) is 6.54 Å². The average Bonchev–Trinajstić information content (AvgIpc) is 2.61. The number of amides is 3. The molecule has 1 aromatic carbocycles. The molecule has 1 aromatic rings. The number of hydrogen-bond acceptors (Lipinski definition) is 4. The van der Waals surface area contributed by atoms with E-state index in [2.05, 4.69) is 16.7 Å². The van der Waals surface area contributed by atoms with Crippen LogP contribution in [0.15, 0.2) is 35.9 Å². The Morgan fingerprint density at radius 1 is 1.21 bits per heavy atom. The molecule has 0 fully saturated rings. The Hall–Kier alpha value is -2.63. The first-order valence-electron chi connectivity index (χ1n) is 8.11. The third kappa shape index (κ3) is 5.87. The zero-order valence-corrected chi connectivity index (χ0v) is 13.5. The van der Waals surface area contributed by atoms with Crippen LogP contribution in [-0.4, -0.2) is 31.4 Å². The fourth-order valence-electron chi connectivity index (χ4n) is 2.53. The van der Waals surface area contributed by atoms with Gasteiger partial charge in [-0.2, -0.15) is 0 Å². The molecule has 3 amide bonds. The van der Waals surface area contributed by atoms with Crippen molar-refractivity contribution in [2.45, 2.75) is 32.1 Å². The molecule has 1 aliphatic rings. The van der Waals surface area contributed by atoms with Crippen LogP contribution in [0.2, 0.25) is 0 Å². The van der Waals surface area contributed by atoms with E-state index >= 15 is 0 Å². The number of hydrogen-bond donors (Lipinski definition) is 2. The predicted molar refractivity (Wildman–Crippen MR) is 90.0 cm³/mol. The Labute approximate surface area is 141 Å². The van der Waals surface area contributed by atoms with Crippen LogP contribution < -0.4 is 15.4 Å². The lowest BCUT2D eigenvalue weighted by molar-refractivity contribution is -0.122. The quantitative estimate of drug-likeness (QED) is 0.594. The second kappa shape index (κ2) is 9.50. The molecule has 128 valence electrons. The summed E-state index contributed by atoms with van der Waals surface area (Å²) in [5.74, 6) is -0.252. The molecule has 0 radical (unpaired) electrons. The average molecular weight is 330 g/mol. The number of carbonyl (C=O) groups is 3. The van der Waals surface area contributed by atoms with E-state index in [0.717, 1.165) is 19.3 Å². The molecule has 0 atom stereocenters. The third-order valence-corrected chi connectivity index (χ3v) is 3.77. The first-order valence-corrected chi connectivity index (χ1v) is 8.11. The van der Waals surface area contributed by atoms with Gasteiger partial charge < -0.3 is 10.1 Å². The highest BCUT2D eigenvalue weighted by Crippen LogP contribution is 2.19. The first kappa shape index (κ1) is 17.7. The molecular weight excluding hydrogens is 308 g/mol. The van der Waals surface area contributed by atoms with Crippen LogP contribution in [0, 0.1) is 0 Å². The molecule has 2 rings (SSSR count). The highest BCUT2D eigenvalue weighted by Gasteiger charge is 2.10. The van der Waals surface area contributed by atoms with Gasteiger partial charge in [0.15, 0.2) is 12.9 Å². The van der Waals surface area contributed by atoms with Crippen molar-refractivity contribution in [2.75, 3.05) is 13.2 Å². The monoisotopic (exact) mass is 330 g/mol. The Morgan fingerprint density at radius 3 is 2.79 bits per heavy atom. The van der Waals surface area contributed by atoms with Gasteiger partial charge >= 0.3 is 6.03 Å². The van der Waals surface area contributed by atoms with Gasteiger partial charge in [-0.05, 0) is 44.2 Å². The van der Waals surface area contributed by atoms with Crippen LogP contribution in [0.5, 0.6) is 5.75 Å². The van der Waals surface area contributed by atoms with Crippen LogP contribution in [0.25, 0.3) is 0 Å². The number of para-hydroxylation sites is 1. The van der Waals surface area contributed by atoms with Gasteiger partial charge in [0.05, 0.1) is 5.56 Å².